The van der Waals surface area contributed by atoms with Crippen molar-refractivity contribution in [1.29, 1.82) is 0 Å². The van der Waals surface area contributed by atoms with Crippen LogP contribution in [0.4, 0.5) is 11.4 Å². The number of aryl methyl sites for hydroxylation is 2. The normalized spacial score (nSPS) is 14.1. The lowest BCUT2D eigenvalue weighted by Crippen LogP contribution is -2.34. The molecule has 2 N–H and O–H groups in total. The first-order chi connectivity index (χ1) is 18.6. The van der Waals surface area contributed by atoms with Crippen molar-refractivity contribution < 1.29 is 28.3 Å². The van der Waals surface area contributed by atoms with Gasteiger partial charge in [-0.3, -0.25) is 14.4 Å². The Bertz CT molecular complexity index is 1530. The lowest BCUT2D eigenvalue weighted by Gasteiger charge is -2.21. The first-order valence-electron chi connectivity index (χ1n) is 12.0. The molecule has 1 aromatic heterocycles. The van der Waals surface area contributed by atoms with Crippen LogP contribution in [0.25, 0.3) is 6.08 Å². The summed E-state index contributed by atoms with van der Waals surface area (Å²) in [5.41, 5.74) is 3.82. The number of ether oxygens (including phenoxy) is 1. The van der Waals surface area contributed by atoms with E-state index in [9.17, 15) is 19.2 Å². The van der Waals surface area contributed by atoms with Gasteiger partial charge >= 0.3 is 17.8 Å². The van der Waals surface area contributed by atoms with Gasteiger partial charge < -0.3 is 24.7 Å². The molecule has 2 amide bonds. The maximum Gasteiger partial charge on any atom is 0.343 e. The number of furan rings is 1. The van der Waals surface area contributed by atoms with Crippen molar-refractivity contribution in [3.8, 4) is 0 Å². The van der Waals surface area contributed by atoms with E-state index in [2.05, 4.69) is 26.6 Å². The first-order valence-corrected chi connectivity index (χ1v) is 12.7. The maximum atomic E-state index is 13.2. The third-order valence-electron chi connectivity index (χ3n) is 6.23. The SMILES string of the molecule is COC(=O)C1=C(C)N(c2ccc(Br)cc2)/C(=C/c2ccc(CNC(=O)C(=O)Nc3ccc(C)c(C)c3)o2)C1=O. The number of ketones is 1. The van der Waals surface area contributed by atoms with Gasteiger partial charge in [0.1, 0.15) is 17.1 Å². The van der Waals surface area contributed by atoms with E-state index < -0.39 is 23.6 Å². The number of hydrogen-bond acceptors (Lipinski definition) is 7. The van der Waals surface area contributed by atoms with Gasteiger partial charge in [0.25, 0.3) is 0 Å². The van der Waals surface area contributed by atoms with Gasteiger partial charge in [-0.1, -0.05) is 22.0 Å². The molecule has 1 aliphatic heterocycles. The summed E-state index contributed by atoms with van der Waals surface area (Å²) in [7, 11) is 1.22. The van der Waals surface area contributed by atoms with Crippen LogP contribution < -0.4 is 15.5 Å². The average molecular weight is 592 g/mol. The number of Topliss-reactive ketones (excluding diaryl/α,β-unsaturated/α-hetero) is 1. The van der Waals surface area contributed by atoms with Crippen LogP contribution in [0.1, 0.15) is 29.6 Å². The van der Waals surface area contributed by atoms with Gasteiger partial charge in [0.05, 0.1) is 19.4 Å². The summed E-state index contributed by atoms with van der Waals surface area (Å²) in [4.78, 5) is 51.8. The fraction of sp³-hybridized carbons (Fsp3) is 0.172. The van der Waals surface area contributed by atoms with Gasteiger partial charge in [0.15, 0.2) is 0 Å². The molecule has 39 heavy (non-hydrogen) atoms. The van der Waals surface area contributed by atoms with Crippen molar-refractivity contribution in [2.75, 3.05) is 17.3 Å². The van der Waals surface area contributed by atoms with E-state index in [1.807, 2.05) is 32.0 Å². The summed E-state index contributed by atoms with van der Waals surface area (Å²) in [6, 6.07) is 15.9. The number of rotatable bonds is 6. The van der Waals surface area contributed by atoms with Gasteiger partial charge in [0.2, 0.25) is 5.78 Å². The predicted molar refractivity (Wildman–Crippen MR) is 149 cm³/mol. The number of carbonyl (C=O) groups excluding carboxylic acids is 4. The topological polar surface area (TPSA) is 118 Å². The molecule has 0 radical (unpaired) electrons. The average Bonchev–Trinajstić information content (AvgIpc) is 3.46. The zero-order chi connectivity index (χ0) is 28.3. The van der Waals surface area contributed by atoms with E-state index in [-0.39, 0.29) is 17.8 Å². The highest BCUT2D eigenvalue weighted by Gasteiger charge is 2.38. The number of allylic oxidation sites excluding steroid dienone is 2. The summed E-state index contributed by atoms with van der Waals surface area (Å²) in [5.74, 6) is -2.16. The smallest absolute Gasteiger partial charge is 0.343 e. The number of carbonyl (C=O) groups is 4. The van der Waals surface area contributed by atoms with E-state index in [0.29, 0.717) is 28.6 Å². The molecule has 0 atom stereocenters. The minimum atomic E-state index is -0.820. The molecular formula is C29H26BrN3O6. The molecule has 200 valence electrons. The minimum Gasteiger partial charge on any atom is -0.465 e. The molecule has 0 aliphatic carbocycles. The van der Waals surface area contributed by atoms with E-state index in [1.165, 1.54) is 13.2 Å². The summed E-state index contributed by atoms with van der Waals surface area (Å²) >= 11 is 3.40. The van der Waals surface area contributed by atoms with Gasteiger partial charge in [-0.25, -0.2) is 4.79 Å². The molecule has 0 bridgehead atoms. The highest BCUT2D eigenvalue weighted by molar-refractivity contribution is 9.10. The number of methoxy groups -OCH3 is 1. The van der Waals surface area contributed by atoms with Crippen molar-refractivity contribution in [2.24, 2.45) is 0 Å². The second kappa shape index (κ2) is 11.5. The van der Waals surface area contributed by atoms with Crippen LogP contribution >= 0.6 is 15.9 Å². The number of nitrogens with zero attached hydrogens (tertiary/aromatic N) is 1. The van der Waals surface area contributed by atoms with Gasteiger partial charge in [0, 0.05) is 27.6 Å². The van der Waals surface area contributed by atoms with Crippen molar-refractivity contribution in [3.05, 3.63) is 98.7 Å². The second-order valence-electron chi connectivity index (χ2n) is 8.86. The third kappa shape index (κ3) is 6.01. The number of benzene rings is 2. The van der Waals surface area contributed by atoms with Crippen LogP contribution in [0.2, 0.25) is 0 Å². The number of nitrogens with one attached hydrogen (secondary N) is 2. The van der Waals surface area contributed by atoms with E-state index in [0.717, 1.165) is 15.6 Å². The molecule has 4 rings (SSSR count). The third-order valence-corrected chi connectivity index (χ3v) is 6.76. The van der Waals surface area contributed by atoms with Gasteiger partial charge in [-0.15, -0.1) is 0 Å². The monoisotopic (exact) mass is 591 g/mol. The Labute approximate surface area is 233 Å². The molecule has 0 spiro atoms. The number of hydrogen-bond donors (Lipinski definition) is 2. The standard InChI is InChI=1S/C29H26BrN3O6/c1-16-5-8-20(13-17(16)2)32-28(36)27(35)31-15-23-12-11-22(39-23)14-24-26(34)25(29(37)38-4)18(3)33(24)21-9-6-19(30)7-10-21/h5-14H,15H2,1-4H3,(H,31,35)(H,32,36)/b24-14+. The lowest BCUT2D eigenvalue weighted by molar-refractivity contribution is -0.137. The predicted octanol–water partition coefficient (Wildman–Crippen LogP) is 4.79. The van der Waals surface area contributed by atoms with Gasteiger partial charge in [-0.2, -0.15) is 0 Å². The Kier molecular flexibility index (Phi) is 8.15. The van der Waals surface area contributed by atoms with Crippen molar-refractivity contribution in [2.45, 2.75) is 27.3 Å². The number of anilines is 2. The first kappa shape index (κ1) is 27.6. The molecule has 9 nitrogen and oxygen atoms in total. The summed E-state index contributed by atoms with van der Waals surface area (Å²) in [6.07, 6.45) is 1.52. The zero-order valence-electron chi connectivity index (χ0n) is 21.8. The highest BCUT2D eigenvalue weighted by Crippen LogP contribution is 2.36. The molecule has 10 heteroatoms. The van der Waals surface area contributed by atoms with Crippen LogP contribution in [0, 0.1) is 13.8 Å². The Balaban J connectivity index is 1.49. The van der Waals surface area contributed by atoms with Crippen LogP contribution in [0.3, 0.4) is 0 Å². The lowest BCUT2D eigenvalue weighted by atomic mass is 10.1. The molecular weight excluding hydrogens is 566 g/mol. The molecule has 0 saturated carbocycles. The van der Waals surface area contributed by atoms with E-state index in [4.69, 9.17) is 9.15 Å². The van der Waals surface area contributed by atoms with Crippen molar-refractivity contribution in [3.63, 3.8) is 0 Å². The zero-order valence-corrected chi connectivity index (χ0v) is 23.3. The molecule has 0 unspecified atom stereocenters. The van der Waals surface area contributed by atoms with Crippen molar-refractivity contribution in [1.82, 2.24) is 5.32 Å². The maximum absolute atomic E-state index is 13.2. The fourth-order valence-electron chi connectivity index (χ4n) is 4.04. The van der Waals surface area contributed by atoms with Gasteiger partial charge in [-0.05, 0) is 80.4 Å². The highest BCUT2D eigenvalue weighted by atomic mass is 79.9. The summed E-state index contributed by atoms with van der Waals surface area (Å²) < 4.78 is 11.5. The van der Waals surface area contributed by atoms with Crippen LogP contribution in [0.15, 0.2) is 80.5 Å². The molecule has 2 aromatic carbocycles. The summed E-state index contributed by atoms with van der Waals surface area (Å²) in [5, 5.41) is 5.09. The van der Waals surface area contributed by atoms with Crippen molar-refractivity contribution >= 4 is 56.9 Å². The largest absolute Gasteiger partial charge is 0.465 e. The van der Waals surface area contributed by atoms with Crippen LogP contribution in [-0.2, 0) is 30.5 Å². The molecule has 0 fully saturated rings. The number of esters is 1. The molecule has 1 aliphatic rings. The van der Waals surface area contributed by atoms with E-state index >= 15 is 0 Å². The molecule has 2 heterocycles. The Morgan fingerprint density at radius 3 is 2.36 bits per heavy atom. The Morgan fingerprint density at radius 1 is 0.974 bits per heavy atom. The molecule has 3 aromatic rings. The van der Waals surface area contributed by atoms with Crippen LogP contribution in [0.5, 0.6) is 0 Å². The number of halogens is 1. The molecule has 0 saturated heterocycles. The summed E-state index contributed by atoms with van der Waals surface area (Å²) in [6.45, 7) is 5.49. The minimum absolute atomic E-state index is 0.0442. The Morgan fingerprint density at radius 2 is 1.69 bits per heavy atom. The van der Waals surface area contributed by atoms with E-state index in [1.54, 1.807) is 48.2 Å². The fourth-order valence-corrected chi connectivity index (χ4v) is 4.30. The second-order valence-corrected chi connectivity index (χ2v) is 9.78. The quantitative estimate of drug-likeness (QED) is 0.183. The Hall–Kier alpha value is -4.44. The number of amides is 2. The van der Waals surface area contributed by atoms with Crippen LogP contribution in [-0.4, -0.2) is 30.7 Å².